The summed E-state index contributed by atoms with van der Waals surface area (Å²) in [6.45, 7) is 3.59. The molecule has 0 aliphatic carbocycles. The van der Waals surface area contributed by atoms with Crippen LogP contribution in [0.3, 0.4) is 0 Å². The van der Waals surface area contributed by atoms with E-state index in [2.05, 4.69) is 5.43 Å². The molecule has 1 aliphatic heterocycles. The maximum absolute atomic E-state index is 12.4. The third-order valence-corrected chi connectivity index (χ3v) is 3.79. The molecular formula is C14H21N3O2. The van der Waals surface area contributed by atoms with Gasteiger partial charge in [-0.2, -0.15) is 0 Å². The fourth-order valence-electron chi connectivity index (χ4n) is 2.46. The van der Waals surface area contributed by atoms with Gasteiger partial charge in [0.1, 0.15) is 0 Å². The Kier molecular flexibility index (Phi) is 4.39. The first-order chi connectivity index (χ1) is 9.15. The van der Waals surface area contributed by atoms with Gasteiger partial charge < -0.3 is 15.4 Å². The predicted molar refractivity (Wildman–Crippen MR) is 74.7 cm³/mol. The Morgan fingerprint density at radius 2 is 2.16 bits per heavy atom. The highest BCUT2D eigenvalue weighted by atomic mass is 16.3. The van der Waals surface area contributed by atoms with Crippen molar-refractivity contribution in [3.63, 3.8) is 0 Å². The third kappa shape index (κ3) is 3.05. The quantitative estimate of drug-likeness (QED) is 0.564. The lowest BCUT2D eigenvalue weighted by atomic mass is 9.97. The van der Waals surface area contributed by atoms with Crippen LogP contribution in [0.5, 0.6) is 0 Å². The number of nitrogens with one attached hydrogen (secondary N) is 1. The topological polar surface area (TPSA) is 78.6 Å². The third-order valence-electron chi connectivity index (χ3n) is 3.79. The van der Waals surface area contributed by atoms with Gasteiger partial charge in [0.25, 0.3) is 5.91 Å². The number of hydrogen-bond acceptors (Lipinski definition) is 4. The van der Waals surface area contributed by atoms with Gasteiger partial charge in [-0.15, -0.1) is 0 Å². The Morgan fingerprint density at radius 1 is 1.47 bits per heavy atom. The van der Waals surface area contributed by atoms with Crippen LogP contribution >= 0.6 is 0 Å². The lowest BCUT2D eigenvalue weighted by molar-refractivity contribution is 0.0651. The Morgan fingerprint density at radius 3 is 2.68 bits per heavy atom. The average Bonchev–Trinajstić information content (AvgIpc) is 2.46. The smallest absolute Gasteiger partial charge is 0.253 e. The molecule has 1 heterocycles. The zero-order valence-corrected chi connectivity index (χ0v) is 11.2. The maximum Gasteiger partial charge on any atom is 0.253 e. The van der Waals surface area contributed by atoms with E-state index in [4.69, 9.17) is 10.9 Å². The molecule has 19 heavy (non-hydrogen) atoms. The fraction of sp³-hybridized carbons (Fsp3) is 0.500. The van der Waals surface area contributed by atoms with Crippen molar-refractivity contribution in [1.29, 1.82) is 0 Å². The number of aliphatic hydroxyl groups excluding tert-OH is 1. The normalized spacial score (nSPS) is 16.5. The summed E-state index contributed by atoms with van der Waals surface area (Å²) in [5, 5.41) is 9.10. The summed E-state index contributed by atoms with van der Waals surface area (Å²) in [4.78, 5) is 14.2. The molecule has 1 fully saturated rings. The minimum atomic E-state index is 0.0584. The van der Waals surface area contributed by atoms with E-state index < -0.39 is 0 Å². The molecule has 1 aliphatic rings. The number of nitrogens with two attached hydrogens (primary N) is 1. The molecule has 1 saturated heterocycles. The molecule has 5 heteroatoms. The highest BCUT2D eigenvalue weighted by Gasteiger charge is 2.23. The van der Waals surface area contributed by atoms with Gasteiger partial charge in [0, 0.05) is 25.3 Å². The van der Waals surface area contributed by atoms with Crippen LogP contribution in [-0.4, -0.2) is 35.6 Å². The Labute approximate surface area is 113 Å². The average molecular weight is 263 g/mol. The second-order valence-corrected chi connectivity index (χ2v) is 5.09. The predicted octanol–water partition coefficient (Wildman–Crippen LogP) is 1.13. The largest absolute Gasteiger partial charge is 0.396 e. The van der Waals surface area contributed by atoms with Gasteiger partial charge in [-0.05, 0) is 49.4 Å². The Bertz CT molecular complexity index is 454. The van der Waals surface area contributed by atoms with Gasteiger partial charge in [-0.1, -0.05) is 0 Å². The molecule has 2 rings (SSSR count). The van der Waals surface area contributed by atoms with E-state index in [9.17, 15) is 4.79 Å². The number of aliphatic hydroxyl groups is 1. The first kappa shape index (κ1) is 13.8. The zero-order valence-electron chi connectivity index (χ0n) is 11.2. The molecule has 0 radical (unpaired) electrons. The fourth-order valence-corrected chi connectivity index (χ4v) is 2.46. The molecule has 0 unspecified atom stereocenters. The number of nitrogen functional groups attached to an aromatic ring is 1. The molecule has 0 atom stereocenters. The number of nitrogens with zero attached hydrogens (tertiary/aromatic N) is 1. The van der Waals surface area contributed by atoms with Crippen molar-refractivity contribution >= 4 is 11.6 Å². The molecule has 1 aromatic rings. The van der Waals surface area contributed by atoms with E-state index in [0.717, 1.165) is 37.2 Å². The van der Waals surface area contributed by atoms with Crippen molar-refractivity contribution in [3.8, 4) is 0 Å². The minimum Gasteiger partial charge on any atom is -0.396 e. The van der Waals surface area contributed by atoms with Crippen molar-refractivity contribution in [2.24, 2.45) is 11.8 Å². The molecule has 5 nitrogen and oxygen atoms in total. The minimum absolute atomic E-state index is 0.0584. The van der Waals surface area contributed by atoms with Crippen LogP contribution in [0.4, 0.5) is 5.69 Å². The SMILES string of the molecule is Cc1cc(C(=O)N2CCC(CO)CC2)ccc1NN. The number of carbonyl (C=O) groups is 1. The van der Waals surface area contributed by atoms with Crippen molar-refractivity contribution in [3.05, 3.63) is 29.3 Å². The molecule has 104 valence electrons. The number of piperidine rings is 1. The Hall–Kier alpha value is -1.59. The van der Waals surface area contributed by atoms with Gasteiger partial charge >= 0.3 is 0 Å². The van der Waals surface area contributed by atoms with Crippen LogP contribution in [0, 0.1) is 12.8 Å². The van der Waals surface area contributed by atoms with Crippen LogP contribution in [0.15, 0.2) is 18.2 Å². The number of rotatable bonds is 3. The summed E-state index contributed by atoms with van der Waals surface area (Å²) in [6.07, 6.45) is 1.76. The van der Waals surface area contributed by atoms with Crippen molar-refractivity contribution in [1.82, 2.24) is 4.90 Å². The van der Waals surface area contributed by atoms with Gasteiger partial charge in [-0.25, -0.2) is 0 Å². The summed E-state index contributed by atoms with van der Waals surface area (Å²) >= 11 is 0. The van der Waals surface area contributed by atoms with Crippen molar-refractivity contribution < 1.29 is 9.90 Å². The van der Waals surface area contributed by atoms with Crippen molar-refractivity contribution in [2.75, 3.05) is 25.1 Å². The Balaban J connectivity index is 2.06. The summed E-state index contributed by atoms with van der Waals surface area (Å²) in [5.41, 5.74) is 5.08. The highest BCUT2D eigenvalue weighted by Crippen LogP contribution is 2.20. The number of likely N-dealkylation sites (tertiary alicyclic amines) is 1. The van der Waals surface area contributed by atoms with Crippen LogP contribution < -0.4 is 11.3 Å². The first-order valence-corrected chi connectivity index (χ1v) is 6.63. The van der Waals surface area contributed by atoms with Crippen LogP contribution in [-0.2, 0) is 0 Å². The van der Waals surface area contributed by atoms with Gasteiger partial charge in [0.2, 0.25) is 0 Å². The first-order valence-electron chi connectivity index (χ1n) is 6.63. The van der Waals surface area contributed by atoms with E-state index in [1.165, 1.54) is 0 Å². The lowest BCUT2D eigenvalue weighted by Crippen LogP contribution is -2.39. The monoisotopic (exact) mass is 263 g/mol. The van der Waals surface area contributed by atoms with E-state index in [0.29, 0.717) is 11.5 Å². The number of hydrogen-bond donors (Lipinski definition) is 3. The highest BCUT2D eigenvalue weighted by molar-refractivity contribution is 5.95. The molecule has 0 bridgehead atoms. The summed E-state index contributed by atoms with van der Waals surface area (Å²) in [7, 11) is 0. The molecular weight excluding hydrogens is 242 g/mol. The van der Waals surface area contributed by atoms with Crippen LogP contribution in [0.25, 0.3) is 0 Å². The summed E-state index contributed by atoms with van der Waals surface area (Å²) in [6, 6.07) is 5.47. The number of benzene rings is 1. The number of amides is 1. The summed E-state index contributed by atoms with van der Waals surface area (Å²) < 4.78 is 0. The van der Waals surface area contributed by atoms with Gasteiger partial charge in [0.05, 0.1) is 5.69 Å². The second-order valence-electron chi connectivity index (χ2n) is 5.09. The molecule has 0 saturated carbocycles. The molecule has 4 N–H and O–H groups in total. The molecule has 0 aromatic heterocycles. The van der Waals surface area contributed by atoms with E-state index >= 15 is 0 Å². The number of aryl methyl sites for hydroxylation is 1. The number of hydrazine groups is 1. The second kappa shape index (κ2) is 6.04. The molecule has 0 spiro atoms. The van der Waals surface area contributed by atoms with E-state index in [1.807, 2.05) is 24.0 Å². The number of carbonyl (C=O) groups excluding carboxylic acids is 1. The van der Waals surface area contributed by atoms with Crippen LogP contribution in [0.2, 0.25) is 0 Å². The molecule has 1 aromatic carbocycles. The van der Waals surface area contributed by atoms with E-state index in [1.54, 1.807) is 6.07 Å². The molecule has 1 amide bonds. The summed E-state index contributed by atoms with van der Waals surface area (Å²) in [5.74, 6) is 5.78. The van der Waals surface area contributed by atoms with Crippen LogP contribution in [0.1, 0.15) is 28.8 Å². The lowest BCUT2D eigenvalue weighted by Gasteiger charge is -2.31. The number of anilines is 1. The standard InChI is InChI=1S/C14H21N3O2/c1-10-8-12(2-3-13(10)16-15)14(19)17-6-4-11(9-18)5-7-17/h2-3,8,11,16,18H,4-7,9,15H2,1H3. The van der Waals surface area contributed by atoms with Gasteiger partial charge in [-0.3, -0.25) is 10.6 Å². The zero-order chi connectivity index (χ0) is 13.8. The van der Waals surface area contributed by atoms with E-state index in [-0.39, 0.29) is 12.5 Å². The van der Waals surface area contributed by atoms with Crippen molar-refractivity contribution in [2.45, 2.75) is 19.8 Å². The van der Waals surface area contributed by atoms with Gasteiger partial charge in [0.15, 0.2) is 0 Å². The maximum atomic E-state index is 12.4.